The van der Waals surface area contributed by atoms with E-state index in [1.165, 1.54) is 33.4 Å². The molecule has 0 aromatic heterocycles. The van der Waals surface area contributed by atoms with Gasteiger partial charge in [0.2, 0.25) is 0 Å². The van der Waals surface area contributed by atoms with Crippen LogP contribution in [-0.2, 0) is 0 Å². The van der Waals surface area contributed by atoms with Crippen molar-refractivity contribution in [2.24, 2.45) is 0 Å². The van der Waals surface area contributed by atoms with Gasteiger partial charge in [-0.15, -0.1) is 6.42 Å². The Labute approximate surface area is 154 Å². The van der Waals surface area contributed by atoms with E-state index in [2.05, 4.69) is 84.8 Å². The number of hydrogen-bond donors (Lipinski definition) is 0. The van der Waals surface area contributed by atoms with Gasteiger partial charge in [0, 0.05) is 5.56 Å². The Bertz CT molecular complexity index is 993. The van der Waals surface area contributed by atoms with E-state index in [-0.39, 0.29) is 0 Å². The predicted octanol–water partition coefficient (Wildman–Crippen LogP) is 6.67. The van der Waals surface area contributed by atoms with E-state index in [1.54, 1.807) is 0 Å². The maximum Gasteiger partial charge on any atom is 0.0243 e. The molecule has 0 aliphatic heterocycles. The molecule has 0 aliphatic rings. The smallest absolute Gasteiger partial charge is 0.0243 e. The molecule has 0 bridgehead atoms. The van der Waals surface area contributed by atoms with Gasteiger partial charge in [0.1, 0.15) is 0 Å². The summed E-state index contributed by atoms with van der Waals surface area (Å²) in [6.07, 6.45) is 5.49. The molecule has 0 saturated heterocycles. The third kappa shape index (κ3) is 3.29. The van der Waals surface area contributed by atoms with Crippen molar-refractivity contribution in [2.75, 3.05) is 0 Å². The maximum absolute atomic E-state index is 5.49. The summed E-state index contributed by atoms with van der Waals surface area (Å²) in [6.45, 7) is 0. The van der Waals surface area contributed by atoms with Gasteiger partial charge in [-0.1, -0.05) is 78.7 Å². The van der Waals surface area contributed by atoms with Gasteiger partial charge in [-0.25, -0.2) is 0 Å². The van der Waals surface area contributed by atoms with E-state index in [0.29, 0.717) is 0 Å². The molecule has 0 amide bonds. The van der Waals surface area contributed by atoms with Gasteiger partial charge in [0.15, 0.2) is 0 Å². The zero-order valence-corrected chi connectivity index (χ0v) is 14.4. The summed E-state index contributed by atoms with van der Waals surface area (Å²) in [5, 5.41) is 0. The van der Waals surface area contributed by atoms with Crippen LogP contribution >= 0.6 is 0 Å². The lowest BCUT2D eigenvalue weighted by molar-refractivity contribution is 1.56. The lowest BCUT2D eigenvalue weighted by atomic mass is 9.93. The van der Waals surface area contributed by atoms with Crippen molar-refractivity contribution >= 4 is 0 Å². The van der Waals surface area contributed by atoms with Crippen LogP contribution in [0.25, 0.3) is 33.4 Å². The summed E-state index contributed by atoms with van der Waals surface area (Å²) in [6, 6.07) is 35.9. The minimum atomic E-state index is 0.899. The van der Waals surface area contributed by atoms with Crippen LogP contribution in [0, 0.1) is 12.3 Å². The quantitative estimate of drug-likeness (QED) is 0.368. The van der Waals surface area contributed by atoms with Gasteiger partial charge >= 0.3 is 0 Å². The summed E-state index contributed by atoms with van der Waals surface area (Å²) in [7, 11) is 0. The van der Waals surface area contributed by atoms with Crippen LogP contribution in [0.4, 0.5) is 0 Å². The second-order valence-corrected chi connectivity index (χ2v) is 6.25. The molecule has 4 aromatic carbocycles. The van der Waals surface area contributed by atoms with Crippen LogP contribution in [0.3, 0.4) is 0 Å². The molecular weight excluding hydrogens is 312 g/mol. The molecule has 26 heavy (non-hydrogen) atoms. The highest BCUT2D eigenvalue weighted by atomic mass is 14.1. The van der Waals surface area contributed by atoms with Crippen molar-refractivity contribution in [2.45, 2.75) is 0 Å². The molecule has 0 radical (unpaired) electrons. The van der Waals surface area contributed by atoms with E-state index in [4.69, 9.17) is 6.42 Å². The van der Waals surface area contributed by atoms with Gasteiger partial charge in [-0.05, 0) is 63.7 Å². The van der Waals surface area contributed by atoms with Crippen molar-refractivity contribution < 1.29 is 0 Å². The van der Waals surface area contributed by atoms with Crippen molar-refractivity contribution in [1.82, 2.24) is 0 Å². The third-order valence-electron chi connectivity index (χ3n) is 4.53. The summed E-state index contributed by atoms with van der Waals surface area (Å²) >= 11 is 0. The second-order valence-electron chi connectivity index (χ2n) is 6.25. The average molecular weight is 330 g/mol. The topological polar surface area (TPSA) is 0 Å². The lowest BCUT2D eigenvalue weighted by Crippen LogP contribution is -1.86. The van der Waals surface area contributed by atoms with Crippen molar-refractivity contribution in [3.8, 4) is 45.7 Å². The molecule has 4 rings (SSSR count). The first kappa shape index (κ1) is 15.9. The van der Waals surface area contributed by atoms with Crippen LogP contribution in [-0.4, -0.2) is 0 Å². The molecular formula is C26H18. The number of benzene rings is 4. The van der Waals surface area contributed by atoms with Crippen LogP contribution in [0.2, 0.25) is 0 Å². The van der Waals surface area contributed by atoms with Crippen molar-refractivity contribution in [3.05, 3.63) is 109 Å². The fourth-order valence-electron chi connectivity index (χ4n) is 3.15. The Morgan fingerprint density at radius 3 is 1.19 bits per heavy atom. The third-order valence-corrected chi connectivity index (χ3v) is 4.53. The average Bonchev–Trinajstić information content (AvgIpc) is 2.75. The molecule has 0 nitrogen and oxygen atoms in total. The first-order chi connectivity index (χ1) is 12.8. The Balaban J connectivity index is 1.89. The first-order valence-corrected chi connectivity index (χ1v) is 8.66. The van der Waals surface area contributed by atoms with E-state index < -0.39 is 0 Å². The standard InChI is InChI=1S/C26H18/c1-2-20-13-15-23(16-14-20)26-18-24(21-9-5-3-6-10-21)17-25(19-26)22-11-7-4-8-12-22/h1,3-19H. The van der Waals surface area contributed by atoms with E-state index in [9.17, 15) is 0 Å². The zero-order chi connectivity index (χ0) is 17.8. The van der Waals surface area contributed by atoms with Crippen molar-refractivity contribution in [1.29, 1.82) is 0 Å². The molecule has 0 fully saturated rings. The lowest BCUT2D eigenvalue weighted by Gasteiger charge is -2.11. The molecule has 0 N–H and O–H groups in total. The van der Waals surface area contributed by atoms with Crippen LogP contribution < -0.4 is 0 Å². The number of rotatable bonds is 3. The van der Waals surface area contributed by atoms with Crippen LogP contribution in [0.15, 0.2) is 103 Å². The van der Waals surface area contributed by atoms with Gasteiger partial charge in [-0.2, -0.15) is 0 Å². The summed E-state index contributed by atoms with van der Waals surface area (Å²) in [5.41, 5.74) is 8.11. The van der Waals surface area contributed by atoms with Gasteiger partial charge in [0.25, 0.3) is 0 Å². The van der Waals surface area contributed by atoms with Gasteiger partial charge in [-0.3, -0.25) is 0 Å². The SMILES string of the molecule is C#Cc1ccc(-c2cc(-c3ccccc3)cc(-c3ccccc3)c2)cc1. The normalized spacial score (nSPS) is 10.3. The molecule has 122 valence electrons. The molecule has 0 heteroatoms. The van der Waals surface area contributed by atoms with E-state index in [0.717, 1.165) is 5.56 Å². The molecule has 0 unspecified atom stereocenters. The monoisotopic (exact) mass is 330 g/mol. The summed E-state index contributed by atoms with van der Waals surface area (Å²) in [5.74, 6) is 2.68. The van der Waals surface area contributed by atoms with Gasteiger partial charge in [0.05, 0.1) is 0 Å². The molecule has 0 atom stereocenters. The predicted molar refractivity (Wildman–Crippen MR) is 111 cm³/mol. The fourth-order valence-corrected chi connectivity index (χ4v) is 3.15. The minimum absolute atomic E-state index is 0.899. The Hall–Kier alpha value is -3.56. The Morgan fingerprint density at radius 1 is 0.423 bits per heavy atom. The maximum atomic E-state index is 5.49. The summed E-state index contributed by atoms with van der Waals surface area (Å²) in [4.78, 5) is 0. The van der Waals surface area contributed by atoms with E-state index >= 15 is 0 Å². The molecule has 0 heterocycles. The van der Waals surface area contributed by atoms with Crippen LogP contribution in [0.1, 0.15) is 5.56 Å². The van der Waals surface area contributed by atoms with Crippen molar-refractivity contribution in [3.63, 3.8) is 0 Å². The highest BCUT2D eigenvalue weighted by Gasteiger charge is 2.07. The largest absolute Gasteiger partial charge is 0.115 e. The second kappa shape index (κ2) is 7.13. The highest BCUT2D eigenvalue weighted by Crippen LogP contribution is 2.32. The fraction of sp³-hybridized carbons (Fsp3) is 0. The van der Waals surface area contributed by atoms with Gasteiger partial charge < -0.3 is 0 Å². The first-order valence-electron chi connectivity index (χ1n) is 8.66. The Kier molecular flexibility index (Phi) is 4.37. The minimum Gasteiger partial charge on any atom is -0.115 e. The Morgan fingerprint density at radius 2 is 0.808 bits per heavy atom. The highest BCUT2D eigenvalue weighted by molar-refractivity contribution is 5.81. The molecule has 0 aliphatic carbocycles. The summed E-state index contributed by atoms with van der Waals surface area (Å²) < 4.78 is 0. The number of terminal acetylenes is 1. The van der Waals surface area contributed by atoms with Crippen LogP contribution in [0.5, 0.6) is 0 Å². The molecule has 4 aromatic rings. The number of hydrogen-bond acceptors (Lipinski definition) is 0. The zero-order valence-electron chi connectivity index (χ0n) is 14.4. The molecule has 0 spiro atoms. The van der Waals surface area contributed by atoms with E-state index in [1.807, 2.05) is 24.3 Å². The molecule has 0 saturated carbocycles.